The second-order valence-corrected chi connectivity index (χ2v) is 5.77. The molecule has 128 valence electrons. The summed E-state index contributed by atoms with van der Waals surface area (Å²) >= 11 is 0. The van der Waals surface area contributed by atoms with Gasteiger partial charge in [0.15, 0.2) is 0 Å². The van der Waals surface area contributed by atoms with Crippen LogP contribution in [0.1, 0.15) is 29.8 Å². The van der Waals surface area contributed by atoms with Gasteiger partial charge in [-0.3, -0.25) is 4.79 Å². The third-order valence-electron chi connectivity index (χ3n) is 4.08. The zero-order valence-corrected chi connectivity index (χ0v) is 14.6. The van der Waals surface area contributed by atoms with Gasteiger partial charge in [0.05, 0.1) is 16.8 Å². The van der Waals surface area contributed by atoms with Crippen molar-refractivity contribution in [3.63, 3.8) is 0 Å². The van der Waals surface area contributed by atoms with Crippen LogP contribution in [0.4, 0.5) is 11.4 Å². The van der Waals surface area contributed by atoms with Crippen molar-refractivity contribution in [2.24, 2.45) is 0 Å². The lowest BCUT2D eigenvalue weighted by molar-refractivity contribution is 0.103. The molecule has 0 radical (unpaired) electrons. The van der Waals surface area contributed by atoms with E-state index in [2.05, 4.69) is 0 Å². The number of benzene rings is 2. The molecule has 2 aromatic rings. The van der Waals surface area contributed by atoms with E-state index in [1.807, 2.05) is 43.8 Å². The lowest BCUT2D eigenvalue weighted by Gasteiger charge is -2.26. The minimum atomic E-state index is -0.391. The van der Waals surface area contributed by atoms with Crippen molar-refractivity contribution in [3.8, 4) is 11.5 Å². The molecule has 5 nitrogen and oxygen atoms in total. The number of para-hydroxylation sites is 1. The van der Waals surface area contributed by atoms with Gasteiger partial charge in [-0.05, 0) is 32.0 Å². The van der Waals surface area contributed by atoms with Crippen molar-refractivity contribution in [1.82, 2.24) is 0 Å². The second kappa shape index (κ2) is 7.25. The van der Waals surface area contributed by atoms with E-state index < -0.39 is 5.78 Å². The Morgan fingerprint density at radius 3 is 2.17 bits per heavy atom. The van der Waals surface area contributed by atoms with E-state index in [9.17, 15) is 15.0 Å². The molecule has 0 aliphatic rings. The molecule has 0 spiro atoms. The molecule has 24 heavy (non-hydrogen) atoms. The molecule has 0 heterocycles. The van der Waals surface area contributed by atoms with Crippen LogP contribution in [0.2, 0.25) is 0 Å². The smallest absolute Gasteiger partial charge is 0.202 e. The Kier molecular flexibility index (Phi) is 5.34. The first-order valence-electron chi connectivity index (χ1n) is 8.02. The fourth-order valence-corrected chi connectivity index (χ4v) is 2.70. The number of phenols is 2. The normalized spacial score (nSPS) is 10.5. The Morgan fingerprint density at radius 2 is 1.62 bits per heavy atom. The SMILES string of the molecule is CCN(CC)c1cc(N(C)C)cc(O)c1C(=O)c1ccccc1O. The van der Waals surface area contributed by atoms with Crippen molar-refractivity contribution in [1.29, 1.82) is 0 Å². The maximum atomic E-state index is 13.0. The van der Waals surface area contributed by atoms with E-state index in [-0.39, 0.29) is 22.6 Å². The lowest BCUT2D eigenvalue weighted by Crippen LogP contribution is -2.25. The summed E-state index contributed by atoms with van der Waals surface area (Å²) in [5.74, 6) is -0.571. The molecular weight excluding hydrogens is 304 g/mol. The quantitative estimate of drug-likeness (QED) is 0.797. The number of hydrogen-bond donors (Lipinski definition) is 2. The average molecular weight is 328 g/mol. The topological polar surface area (TPSA) is 64.0 Å². The Labute approximate surface area is 142 Å². The van der Waals surface area contributed by atoms with Crippen LogP contribution in [0.25, 0.3) is 0 Å². The molecule has 0 unspecified atom stereocenters. The highest BCUT2D eigenvalue weighted by atomic mass is 16.3. The number of anilines is 2. The van der Waals surface area contributed by atoms with E-state index in [0.29, 0.717) is 18.8 Å². The Balaban J connectivity index is 2.68. The summed E-state index contributed by atoms with van der Waals surface area (Å²) < 4.78 is 0. The van der Waals surface area contributed by atoms with Crippen molar-refractivity contribution < 1.29 is 15.0 Å². The van der Waals surface area contributed by atoms with E-state index in [1.165, 1.54) is 6.07 Å². The maximum Gasteiger partial charge on any atom is 0.202 e. The van der Waals surface area contributed by atoms with Gasteiger partial charge in [0.2, 0.25) is 5.78 Å². The maximum absolute atomic E-state index is 13.0. The molecule has 2 N–H and O–H groups in total. The highest BCUT2D eigenvalue weighted by Crippen LogP contribution is 2.36. The fourth-order valence-electron chi connectivity index (χ4n) is 2.70. The number of ketones is 1. The van der Waals surface area contributed by atoms with Gasteiger partial charge < -0.3 is 20.0 Å². The third kappa shape index (κ3) is 3.30. The van der Waals surface area contributed by atoms with Crippen LogP contribution in [0.3, 0.4) is 0 Å². The van der Waals surface area contributed by atoms with Gasteiger partial charge in [-0.1, -0.05) is 12.1 Å². The number of nitrogens with zero attached hydrogens (tertiary/aromatic N) is 2. The lowest BCUT2D eigenvalue weighted by atomic mass is 9.98. The number of aromatic hydroxyl groups is 2. The third-order valence-corrected chi connectivity index (χ3v) is 4.08. The minimum absolute atomic E-state index is 0.0867. The van der Waals surface area contributed by atoms with Crippen LogP contribution in [0, 0.1) is 0 Å². The van der Waals surface area contributed by atoms with Crippen molar-refractivity contribution in [2.45, 2.75) is 13.8 Å². The van der Waals surface area contributed by atoms with Gasteiger partial charge in [0.25, 0.3) is 0 Å². The molecule has 0 bridgehead atoms. The van der Waals surface area contributed by atoms with Crippen LogP contribution >= 0.6 is 0 Å². The molecule has 0 aliphatic heterocycles. The van der Waals surface area contributed by atoms with Crippen LogP contribution in [-0.2, 0) is 0 Å². The number of carbonyl (C=O) groups is 1. The summed E-state index contributed by atoms with van der Waals surface area (Å²) in [6.07, 6.45) is 0. The fraction of sp³-hybridized carbons (Fsp3) is 0.316. The molecule has 0 atom stereocenters. The van der Waals surface area contributed by atoms with Gasteiger partial charge in [-0.25, -0.2) is 0 Å². The summed E-state index contributed by atoms with van der Waals surface area (Å²) in [6, 6.07) is 9.83. The first-order chi connectivity index (χ1) is 11.4. The molecule has 0 amide bonds. The summed E-state index contributed by atoms with van der Waals surface area (Å²) in [5.41, 5.74) is 1.87. The summed E-state index contributed by atoms with van der Waals surface area (Å²) in [5, 5.41) is 20.5. The Morgan fingerprint density at radius 1 is 1.00 bits per heavy atom. The summed E-state index contributed by atoms with van der Waals surface area (Å²) in [6.45, 7) is 5.40. The second-order valence-electron chi connectivity index (χ2n) is 5.77. The van der Waals surface area contributed by atoms with Crippen molar-refractivity contribution in [3.05, 3.63) is 47.5 Å². The van der Waals surface area contributed by atoms with E-state index in [1.54, 1.807) is 24.3 Å². The zero-order chi connectivity index (χ0) is 17.9. The minimum Gasteiger partial charge on any atom is -0.507 e. The Hall–Kier alpha value is -2.69. The largest absolute Gasteiger partial charge is 0.507 e. The van der Waals surface area contributed by atoms with Crippen LogP contribution in [0.15, 0.2) is 36.4 Å². The number of phenolic OH excluding ortho intramolecular Hbond substituents is 2. The van der Waals surface area contributed by atoms with Gasteiger partial charge >= 0.3 is 0 Å². The van der Waals surface area contributed by atoms with Gasteiger partial charge in [-0.15, -0.1) is 0 Å². The molecule has 0 fully saturated rings. The standard InChI is InChI=1S/C19H24N2O3/c1-5-21(6-2)15-11-13(20(3)4)12-17(23)18(15)19(24)14-9-7-8-10-16(14)22/h7-12,22-23H,5-6H2,1-4H3. The molecule has 0 aromatic heterocycles. The van der Waals surface area contributed by atoms with Crippen LogP contribution in [-0.4, -0.2) is 43.2 Å². The monoisotopic (exact) mass is 328 g/mol. The number of rotatable bonds is 6. The molecular formula is C19H24N2O3. The molecule has 0 saturated carbocycles. The highest BCUT2D eigenvalue weighted by molar-refractivity contribution is 6.16. The molecule has 5 heteroatoms. The summed E-state index contributed by atoms with van der Waals surface area (Å²) in [4.78, 5) is 16.9. The van der Waals surface area contributed by atoms with E-state index in [4.69, 9.17) is 0 Å². The van der Waals surface area contributed by atoms with Gasteiger partial charge in [-0.2, -0.15) is 0 Å². The molecule has 0 aliphatic carbocycles. The highest BCUT2D eigenvalue weighted by Gasteiger charge is 2.24. The van der Waals surface area contributed by atoms with Crippen LogP contribution in [0.5, 0.6) is 11.5 Å². The predicted octanol–water partition coefficient (Wildman–Crippen LogP) is 3.24. The van der Waals surface area contributed by atoms with Crippen molar-refractivity contribution in [2.75, 3.05) is 37.0 Å². The first-order valence-corrected chi connectivity index (χ1v) is 8.02. The number of carbonyl (C=O) groups excluding carboxylic acids is 1. The van der Waals surface area contributed by atoms with E-state index in [0.717, 1.165) is 5.69 Å². The van der Waals surface area contributed by atoms with Crippen LogP contribution < -0.4 is 9.80 Å². The van der Waals surface area contributed by atoms with Gasteiger partial charge in [0.1, 0.15) is 11.5 Å². The van der Waals surface area contributed by atoms with Crippen molar-refractivity contribution >= 4 is 17.2 Å². The summed E-state index contributed by atoms with van der Waals surface area (Å²) in [7, 11) is 3.76. The zero-order valence-electron chi connectivity index (χ0n) is 14.6. The Bertz CT molecular complexity index is 737. The first kappa shape index (κ1) is 17.7. The molecule has 2 rings (SSSR count). The van der Waals surface area contributed by atoms with Gasteiger partial charge in [0, 0.05) is 38.9 Å². The number of hydrogen-bond acceptors (Lipinski definition) is 5. The van der Waals surface area contributed by atoms with E-state index >= 15 is 0 Å². The molecule has 2 aromatic carbocycles. The average Bonchev–Trinajstić information content (AvgIpc) is 2.55. The molecule has 0 saturated heterocycles. The predicted molar refractivity (Wildman–Crippen MR) is 97.5 cm³/mol.